The number of aliphatic imine (C=N–C) groups is 2. The van der Waals surface area contributed by atoms with Gasteiger partial charge in [-0.2, -0.15) is 0 Å². The molecule has 0 radical (unpaired) electrons. The summed E-state index contributed by atoms with van der Waals surface area (Å²) < 4.78 is 0. The molecule has 4 heteroatoms. The molecule has 0 saturated heterocycles. The van der Waals surface area contributed by atoms with Crippen LogP contribution in [0.5, 0.6) is 0 Å². The number of nitrogens with zero attached hydrogens (tertiary/aromatic N) is 4. The molecule has 2 aromatic rings. The number of rotatable bonds is 7. The second-order valence-electron chi connectivity index (χ2n) is 10.4. The summed E-state index contributed by atoms with van der Waals surface area (Å²) >= 11 is 0. The second kappa shape index (κ2) is 9.48. The lowest BCUT2D eigenvalue weighted by molar-refractivity contribution is 0.514. The van der Waals surface area contributed by atoms with E-state index in [1.807, 2.05) is 0 Å². The van der Waals surface area contributed by atoms with Crippen molar-refractivity contribution < 1.29 is 0 Å². The van der Waals surface area contributed by atoms with Crippen LogP contribution in [0.25, 0.3) is 0 Å². The molecule has 2 aliphatic heterocycles. The molecule has 4 rings (SSSR count). The summed E-state index contributed by atoms with van der Waals surface area (Å²) in [4.78, 5) is 15.3. The van der Waals surface area contributed by atoms with E-state index < -0.39 is 0 Å². The van der Waals surface area contributed by atoms with Gasteiger partial charge in [0.15, 0.2) is 11.7 Å². The molecule has 0 amide bonds. The van der Waals surface area contributed by atoms with Crippen LogP contribution in [0.4, 0.5) is 11.4 Å². The number of benzene rings is 2. The van der Waals surface area contributed by atoms with E-state index in [0.717, 1.165) is 37.6 Å². The zero-order chi connectivity index (χ0) is 22.8. The lowest BCUT2D eigenvalue weighted by Gasteiger charge is -2.27. The molecule has 2 unspecified atom stereocenters. The Morgan fingerprint density at radius 2 is 1.00 bits per heavy atom. The van der Waals surface area contributed by atoms with Gasteiger partial charge in [-0.05, 0) is 62.8 Å². The van der Waals surface area contributed by atoms with Crippen molar-refractivity contribution in [3.63, 3.8) is 0 Å². The third-order valence-electron chi connectivity index (χ3n) is 6.29. The van der Waals surface area contributed by atoms with Gasteiger partial charge in [0.25, 0.3) is 0 Å². The average molecular weight is 431 g/mol. The molecule has 4 nitrogen and oxygen atoms in total. The van der Waals surface area contributed by atoms with Crippen LogP contribution < -0.4 is 9.80 Å². The minimum atomic E-state index is 0.304. The molecule has 2 aliphatic rings. The Kier molecular flexibility index (Phi) is 6.68. The van der Waals surface area contributed by atoms with E-state index in [4.69, 9.17) is 9.98 Å². The van der Waals surface area contributed by atoms with Crippen molar-refractivity contribution in [2.45, 2.75) is 66.5 Å². The summed E-state index contributed by atoms with van der Waals surface area (Å²) in [6, 6.07) is 18.3. The van der Waals surface area contributed by atoms with Crippen molar-refractivity contribution in [2.24, 2.45) is 21.8 Å². The third-order valence-corrected chi connectivity index (χ3v) is 6.29. The summed E-state index contributed by atoms with van der Waals surface area (Å²) in [5.74, 6) is 3.31. The summed E-state index contributed by atoms with van der Waals surface area (Å²) in [6.45, 7) is 15.3. The van der Waals surface area contributed by atoms with Crippen molar-refractivity contribution in [3.8, 4) is 0 Å². The van der Waals surface area contributed by atoms with Gasteiger partial charge in [0.05, 0.1) is 12.1 Å². The van der Waals surface area contributed by atoms with Crippen molar-refractivity contribution in [3.05, 3.63) is 59.7 Å². The zero-order valence-electron chi connectivity index (χ0n) is 20.5. The van der Waals surface area contributed by atoms with Crippen molar-refractivity contribution in [1.29, 1.82) is 0 Å². The number of hydrogen-bond acceptors (Lipinski definition) is 4. The fourth-order valence-electron chi connectivity index (χ4n) is 4.77. The highest BCUT2D eigenvalue weighted by atomic mass is 15.4. The molecular formula is C28H38N4. The van der Waals surface area contributed by atoms with E-state index in [1.54, 1.807) is 0 Å². The van der Waals surface area contributed by atoms with Gasteiger partial charge in [-0.15, -0.1) is 0 Å². The highest BCUT2D eigenvalue weighted by Crippen LogP contribution is 2.30. The largest absolute Gasteiger partial charge is 0.321 e. The first-order valence-corrected chi connectivity index (χ1v) is 12.1. The van der Waals surface area contributed by atoms with Gasteiger partial charge < -0.3 is 9.80 Å². The highest BCUT2D eigenvalue weighted by molar-refractivity contribution is 6.50. The third kappa shape index (κ3) is 5.06. The van der Waals surface area contributed by atoms with E-state index in [2.05, 4.69) is 99.9 Å². The smallest absolute Gasteiger partial charge is 0.172 e. The number of anilines is 2. The maximum absolute atomic E-state index is 5.27. The molecule has 170 valence electrons. The Balaban J connectivity index is 1.73. The van der Waals surface area contributed by atoms with E-state index in [-0.39, 0.29) is 0 Å². The molecule has 0 saturated carbocycles. The van der Waals surface area contributed by atoms with Crippen molar-refractivity contribution in [2.75, 3.05) is 22.9 Å². The molecule has 2 aromatic carbocycles. The van der Waals surface area contributed by atoms with Gasteiger partial charge in [-0.3, -0.25) is 9.98 Å². The van der Waals surface area contributed by atoms with Crippen LogP contribution in [-0.4, -0.2) is 36.8 Å². The number of aryl methyl sites for hydroxylation is 2. The van der Waals surface area contributed by atoms with Crippen LogP contribution in [-0.2, 0) is 0 Å². The first-order chi connectivity index (χ1) is 15.3. The Morgan fingerprint density at radius 3 is 1.31 bits per heavy atom. The SMILES string of the molecule is Cc1ccc(N2CC(CC(C)C)N=C2C2=NC(CC(C)C)CN2c2ccc(C)cc2)cc1. The molecule has 32 heavy (non-hydrogen) atoms. The fraction of sp³-hybridized carbons (Fsp3) is 0.500. The maximum Gasteiger partial charge on any atom is 0.172 e. The normalized spacial score (nSPS) is 21.0. The lowest BCUT2D eigenvalue weighted by atomic mass is 10.0. The Hall–Kier alpha value is -2.62. The Bertz CT molecular complexity index is 888. The first kappa shape index (κ1) is 22.6. The molecule has 0 aliphatic carbocycles. The monoisotopic (exact) mass is 430 g/mol. The van der Waals surface area contributed by atoms with Gasteiger partial charge in [-0.1, -0.05) is 63.1 Å². The van der Waals surface area contributed by atoms with Crippen LogP contribution in [0.3, 0.4) is 0 Å². The van der Waals surface area contributed by atoms with Gasteiger partial charge in [0.1, 0.15) is 0 Å². The lowest BCUT2D eigenvalue weighted by Crippen LogP contribution is -2.42. The van der Waals surface area contributed by atoms with E-state index in [1.165, 1.54) is 22.5 Å². The predicted molar refractivity (Wildman–Crippen MR) is 138 cm³/mol. The van der Waals surface area contributed by atoms with Gasteiger partial charge in [0.2, 0.25) is 0 Å². The molecule has 0 fully saturated rings. The fourth-order valence-corrected chi connectivity index (χ4v) is 4.77. The van der Waals surface area contributed by atoms with Crippen LogP contribution in [0.2, 0.25) is 0 Å². The molecule has 0 aromatic heterocycles. The first-order valence-electron chi connectivity index (χ1n) is 12.1. The minimum absolute atomic E-state index is 0.304. The van der Waals surface area contributed by atoms with Crippen LogP contribution in [0.1, 0.15) is 51.7 Å². The van der Waals surface area contributed by atoms with Crippen molar-refractivity contribution in [1.82, 2.24) is 0 Å². The van der Waals surface area contributed by atoms with Gasteiger partial charge >= 0.3 is 0 Å². The second-order valence-corrected chi connectivity index (χ2v) is 10.4. The molecule has 0 bridgehead atoms. The average Bonchev–Trinajstić information content (AvgIpc) is 3.32. The van der Waals surface area contributed by atoms with E-state index in [0.29, 0.717) is 23.9 Å². The Morgan fingerprint density at radius 1 is 0.656 bits per heavy atom. The topological polar surface area (TPSA) is 31.2 Å². The minimum Gasteiger partial charge on any atom is -0.321 e. The standard InChI is InChI=1S/C28H38N4/c1-19(2)15-23-17-31(25-11-7-21(5)8-12-25)27(29-23)28-30-24(16-20(3)4)18-32(28)26-13-9-22(6)10-14-26/h7-14,19-20,23-24H,15-18H2,1-6H3. The summed E-state index contributed by atoms with van der Waals surface area (Å²) in [6.07, 6.45) is 2.19. The molecule has 0 spiro atoms. The highest BCUT2D eigenvalue weighted by Gasteiger charge is 2.37. The van der Waals surface area contributed by atoms with Crippen LogP contribution in [0, 0.1) is 25.7 Å². The summed E-state index contributed by atoms with van der Waals surface area (Å²) in [5.41, 5.74) is 4.97. The van der Waals surface area contributed by atoms with Crippen molar-refractivity contribution >= 4 is 23.0 Å². The van der Waals surface area contributed by atoms with Gasteiger partial charge in [0, 0.05) is 24.5 Å². The number of amidine groups is 2. The molecule has 0 N–H and O–H groups in total. The molecular weight excluding hydrogens is 392 g/mol. The summed E-state index contributed by atoms with van der Waals surface area (Å²) in [5, 5.41) is 0. The van der Waals surface area contributed by atoms with Gasteiger partial charge in [-0.25, -0.2) is 0 Å². The van der Waals surface area contributed by atoms with Crippen LogP contribution in [0.15, 0.2) is 58.5 Å². The van der Waals surface area contributed by atoms with E-state index >= 15 is 0 Å². The summed E-state index contributed by atoms with van der Waals surface area (Å²) in [7, 11) is 0. The maximum atomic E-state index is 5.27. The Labute approximate surface area is 194 Å². The predicted octanol–water partition coefficient (Wildman–Crippen LogP) is 6.27. The quantitative estimate of drug-likeness (QED) is 0.518. The van der Waals surface area contributed by atoms with E-state index in [9.17, 15) is 0 Å². The number of hydrogen-bond donors (Lipinski definition) is 0. The zero-order valence-corrected chi connectivity index (χ0v) is 20.5. The van der Waals surface area contributed by atoms with Crippen LogP contribution >= 0.6 is 0 Å². The molecule has 2 heterocycles. The molecule has 2 atom stereocenters.